The first-order valence-corrected chi connectivity index (χ1v) is 14.7. The van der Waals surface area contributed by atoms with Gasteiger partial charge in [-0.25, -0.2) is 0 Å². The number of rotatable bonds is 9. The number of nitrogens with zero attached hydrogens (tertiary/aromatic N) is 2. The molecule has 3 amide bonds. The van der Waals surface area contributed by atoms with Gasteiger partial charge in [0.2, 0.25) is 17.7 Å². The molecule has 3 N–H and O–H groups in total. The Morgan fingerprint density at radius 1 is 0.875 bits per heavy atom. The van der Waals surface area contributed by atoms with E-state index in [9.17, 15) is 14.4 Å². The molecule has 0 aromatic heterocycles. The quantitative estimate of drug-likeness (QED) is 0.449. The van der Waals surface area contributed by atoms with E-state index in [1.807, 2.05) is 72.5 Å². The Kier molecular flexibility index (Phi) is 10.3. The smallest absolute Gasteiger partial charge is 0.238 e. The molecule has 2 aromatic rings. The van der Waals surface area contributed by atoms with Crippen molar-refractivity contribution in [2.45, 2.75) is 76.7 Å². The van der Waals surface area contributed by atoms with Crippen LogP contribution in [-0.4, -0.2) is 78.4 Å². The average Bonchev–Trinajstić information content (AvgIpc) is 3.33. The molecule has 40 heavy (non-hydrogen) atoms. The van der Waals surface area contributed by atoms with Crippen LogP contribution in [0, 0.1) is 5.92 Å². The SMILES string of the molecule is CN[C@@H](C)C(=O)N[C@H]1CN(C(=O)CC(C)C)CC[C@H]2CC[C@@H](C(=O)NC(c3ccccc3)c3ccccc3)N2C1. The maximum absolute atomic E-state index is 13.9. The summed E-state index contributed by atoms with van der Waals surface area (Å²) in [6.07, 6.45) is 2.95. The number of amides is 3. The minimum atomic E-state index is -0.351. The highest BCUT2D eigenvalue weighted by molar-refractivity contribution is 5.83. The van der Waals surface area contributed by atoms with Crippen LogP contribution in [0.5, 0.6) is 0 Å². The second kappa shape index (κ2) is 13.9. The molecule has 216 valence electrons. The van der Waals surface area contributed by atoms with E-state index in [2.05, 4.69) is 34.7 Å². The summed E-state index contributed by atoms with van der Waals surface area (Å²) in [5.74, 6) is 0.301. The molecule has 4 atom stereocenters. The zero-order valence-electron chi connectivity index (χ0n) is 24.3. The summed E-state index contributed by atoms with van der Waals surface area (Å²) >= 11 is 0. The minimum absolute atomic E-state index is 0.00203. The highest BCUT2D eigenvalue weighted by Gasteiger charge is 2.41. The molecule has 2 aliphatic rings. The van der Waals surface area contributed by atoms with Crippen LogP contribution in [-0.2, 0) is 14.4 Å². The van der Waals surface area contributed by atoms with Crippen LogP contribution in [0.4, 0.5) is 0 Å². The van der Waals surface area contributed by atoms with Gasteiger partial charge in [-0.2, -0.15) is 0 Å². The molecule has 0 spiro atoms. The van der Waals surface area contributed by atoms with E-state index in [-0.39, 0.29) is 53.8 Å². The predicted molar refractivity (Wildman–Crippen MR) is 157 cm³/mol. The number of hydrogen-bond acceptors (Lipinski definition) is 5. The molecule has 2 fully saturated rings. The van der Waals surface area contributed by atoms with Crippen LogP contribution < -0.4 is 16.0 Å². The third-order valence-electron chi connectivity index (χ3n) is 8.21. The molecule has 8 nitrogen and oxygen atoms in total. The molecule has 0 aliphatic carbocycles. The number of benzene rings is 2. The molecule has 2 aromatic carbocycles. The Labute approximate surface area is 238 Å². The van der Waals surface area contributed by atoms with Gasteiger partial charge in [-0.1, -0.05) is 74.5 Å². The Bertz CT molecular complexity index is 1090. The Morgan fingerprint density at radius 2 is 1.50 bits per heavy atom. The van der Waals surface area contributed by atoms with E-state index in [0.717, 1.165) is 30.4 Å². The maximum Gasteiger partial charge on any atom is 0.238 e. The van der Waals surface area contributed by atoms with Gasteiger partial charge in [-0.3, -0.25) is 19.3 Å². The fourth-order valence-corrected chi connectivity index (χ4v) is 5.92. The van der Waals surface area contributed by atoms with Crippen molar-refractivity contribution in [3.63, 3.8) is 0 Å². The number of carbonyl (C=O) groups is 3. The first kappa shape index (κ1) is 29.7. The number of likely N-dealkylation sites (N-methyl/N-ethyl adjacent to an activating group) is 1. The number of nitrogens with one attached hydrogen (secondary N) is 3. The largest absolute Gasteiger partial charge is 0.349 e. The molecular formula is C32H45N5O3. The Hall–Kier alpha value is -3.23. The lowest BCUT2D eigenvalue weighted by Crippen LogP contribution is -2.59. The Morgan fingerprint density at radius 3 is 2.08 bits per heavy atom. The van der Waals surface area contributed by atoms with Crippen molar-refractivity contribution in [2.24, 2.45) is 5.92 Å². The van der Waals surface area contributed by atoms with E-state index in [1.165, 1.54) is 0 Å². The van der Waals surface area contributed by atoms with Gasteiger partial charge in [0.1, 0.15) is 0 Å². The van der Waals surface area contributed by atoms with Gasteiger partial charge in [0.25, 0.3) is 0 Å². The van der Waals surface area contributed by atoms with E-state index in [1.54, 1.807) is 7.05 Å². The van der Waals surface area contributed by atoms with Crippen molar-refractivity contribution in [1.29, 1.82) is 0 Å². The van der Waals surface area contributed by atoms with Crippen LogP contribution in [0.2, 0.25) is 0 Å². The van der Waals surface area contributed by atoms with E-state index >= 15 is 0 Å². The van der Waals surface area contributed by atoms with Gasteiger partial charge in [-0.05, 0) is 50.3 Å². The molecule has 2 heterocycles. The molecule has 0 unspecified atom stereocenters. The average molecular weight is 548 g/mol. The molecular weight excluding hydrogens is 502 g/mol. The number of fused-ring (bicyclic) bond motifs is 1. The zero-order chi connectivity index (χ0) is 28.6. The summed E-state index contributed by atoms with van der Waals surface area (Å²) in [6.45, 7) is 7.53. The summed E-state index contributed by atoms with van der Waals surface area (Å²) in [6, 6.07) is 19.1. The van der Waals surface area contributed by atoms with E-state index < -0.39 is 0 Å². The van der Waals surface area contributed by atoms with Gasteiger partial charge in [0.15, 0.2) is 0 Å². The third-order valence-corrected chi connectivity index (χ3v) is 8.21. The van der Waals surface area contributed by atoms with Crippen molar-refractivity contribution in [3.05, 3.63) is 71.8 Å². The fourth-order valence-electron chi connectivity index (χ4n) is 5.92. The monoisotopic (exact) mass is 547 g/mol. The van der Waals surface area contributed by atoms with Gasteiger partial charge in [0, 0.05) is 32.1 Å². The summed E-state index contributed by atoms with van der Waals surface area (Å²) in [5.41, 5.74) is 2.07. The minimum Gasteiger partial charge on any atom is -0.349 e. The van der Waals surface area contributed by atoms with Crippen LogP contribution in [0.1, 0.15) is 63.6 Å². The van der Waals surface area contributed by atoms with Crippen molar-refractivity contribution >= 4 is 17.7 Å². The molecule has 4 rings (SSSR count). The summed E-state index contributed by atoms with van der Waals surface area (Å²) in [5, 5.41) is 9.52. The lowest BCUT2D eigenvalue weighted by atomic mass is 9.98. The van der Waals surface area contributed by atoms with Crippen LogP contribution in [0.3, 0.4) is 0 Å². The molecule has 0 saturated carbocycles. The van der Waals surface area contributed by atoms with Gasteiger partial charge in [0.05, 0.1) is 24.2 Å². The predicted octanol–water partition coefficient (Wildman–Crippen LogP) is 3.10. The molecule has 0 bridgehead atoms. The maximum atomic E-state index is 13.9. The normalized spacial score (nSPS) is 22.4. The first-order chi connectivity index (χ1) is 19.3. The molecule has 2 aliphatic heterocycles. The lowest BCUT2D eigenvalue weighted by Gasteiger charge is -2.39. The van der Waals surface area contributed by atoms with Crippen LogP contribution >= 0.6 is 0 Å². The second-order valence-electron chi connectivity index (χ2n) is 11.6. The number of carbonyl (C=O) groups excluding carboxylic acids is 3. The van der Waals surface area contributed by atoms with Crippen LogP contribution in [0.15, 0.2) is 60.7 Å². The first-order valence-electron chi connectivity index (χ1n) is 14.7. The van der Waals surface area contributed by atoms with Crippen molar-refractivity contribution in [2.75, 3.05) is 26.7 Å². The summed E-state index contributed by atoms with van der Waals surface area (Å²) in [4.78, 5) is 44.1. The third kappa shape index (κ3) is 7.49. The van der Waals surface area contributed by atoms with Crippen molar-refractivity contribution in [3.8, 4) is 0 Å². The zero-order valence-corrected chi connectivity index (χ0v) is 24.3. The molecule has 8 heteroatoms. The highest BCUT2D eigenvalue weighted by atomic mass is 16.2. The topological polar surface area (TPSA) is 93.8 Å². The van der Waals surface area contributed by atoms with Gasteiger partial charge < -0.3 is 20.9 Å². The van der Waals surface area contributed by atoms with Gasteiger partial charge >= 0.3 is 0 Å². The fraction of sp³-hybridized carbons (Fsp3) is 0.531. The highest BCUT2D eigenvalue weighted by Crippen LogP contribution is 2.30. The number of hydrogen-bond donors (Lipinski definition) is 3. The Balaban J connectivity index is 1.54. The summed E-state index contributed by atoms with van der Waals surface area (Å²) < 4.78 is 0. The van der Waals surface area contributed by atoms with Crippen molar-refractivity contribution in [1.82, 2.24) is 25.8 Å². The van der Waals surface area contributed by atoms with Crippen molar-refractivity contribution < 1.29 is 14.4 Å². The van der Waals surface area contributed by atoms with E-state index in [4.69, 9.17) is 0 Å². The molecule has 0 radical (unpaired) electrons. The summed E-state index contributed by atoms with van der Waals surface area (Å²) in [7, 11) is 1.76. The molecule has 2 saturated heterocycles. The van der Waals surface area contributed by atoms with E-state index in [0.29, 0.717) is 26.1 Å². The standard InChI is InChI=1S/C32H45N5O3/c1-22(2)19-29(38)36-18-17-27-15-16-28(37(27)21-26(20-36)34-31(39)23(3)33-4)32(40)35-30(24-11-7-5-8-12-24)25-13-9-6-10-14-25/h5-14,22-23,26-28,30,33H,15-21H2,1-4H3,(H,34,39)(H,35,40)/t23-,26-,27+,28-/m0/s1. The van der Waals surface area contributed by atoms with Gasteiger partial charge in [-0.15, -0.1) is 0 Å². The van der Waals surface area contributed by atoms with Crippen LogP contribution in [0.25, 0.3) is 0 Å². The second-order valence-corrected chi connectivity index (χ2v) is 11.6. The lowest BCUT2D eigenvalue weighted by molar-refractivity contribution is -0.135.